The Morgan fingerprint density at radius 3 is 0.872 bits per heavy atom. The molecule has 0 saturated carbocycles. The second-order valence-electron chi connectivity index (χ2n) is 6.50. The molecule has 0 aromatic carbocycles. The molecule has 0 aliphatic heterocycles. The molecule has 0 bridgehead atoms. The van der Waals surface area contributed by atoms with Gasteiger partial charge in [0.1, 0.15) is 6.61 Å². The highest BCUT2D eigenvalue weighted by molar-refractivity contribution is 4.97. The Balaban J connectivity index is 7.14. The average molecular weight is 648 g/mol. The Morgan fingerprint density at radius 2 is 0.641 bits per heavy atom. The van der Waals surface area contributed by atoms with Gasteiger partial charge in [-0.1, -0.05) is 0 Å². The van der Waals surface area contributed by atoms with Crippen LogP contribution in [0.5, 0.6) is 0 Å². The van der Waals surface area contributed by atoms with Gasteiger partial charge in [0.25, 0.3) is 0 Å². The second-order valence-corrected chi connectivity index (χ2v) is 6.50. The average Bonchev–Trinajstić information content (AvgIpc) is 2.62. The highest BCUT2D eigenvalue weighted by Gasteiger charge is 2.88. The minimum Gasteiger partial charge on any atom is -0.390 e. The predicted octanol–water partition coefficient (Wildman–Crippen LogP) is 6.69. The summed E-state index contributed by atoms with van der Waals surface area (Å²) >= 11 is 0. The third-order valence-corrected chi connectivity index (χ3v) is 3.65. The Labute approximate surface area is 195 Å². The monoisotopic (exact) mass is 648 g/mol. The van der Waals surface area contributed by atoms with Gasteiger partial charge in [0, 0.05) is 0 Å². The molecule has 0 amide bonds. The zero-order chi connectivity index (χ0) is 32.3. The lowest BCUT2D eigenvalue weighted by Gasteiger charge is -2.42. The summed E-state index contributed by atoms with van der Waals surface area (Å²) in [5, 5.41) is 8.07. The number of halogens is 23. The molecule has 3 atom stereocenters. The number of hydrogen-bond acceptors (Lipinski definition) is 4. The van der Waals surface area contributed by atoms with Crippen LogP contribution in [0.4, 0.5) is 101 Å². The van der Waals surface area contributed by atoms with E-state index in [1.165, 1.54) is 0 Å². The van der Waals surface area contributed by atoms with Crippen molar-refractivity contribution < 1.29 is 120 Å². The molecule has 0 heterocycles. The van der Waals surface area contributed by atoms with Crippen LogP contribution in [-0.4, -0.2) is 78.2 Å². The first-order valence-electron chi connectivity index (χ1n) is 7.99. The van der Waals surface area contributed by atoms with Crippen molar-refractivity contribution in [3.8, 4) is 0 Å². The molecule has 1 N–H and O–H groups in total. The Hall–Kier alpha value is -1.77. The number of aliphatic hydroxyl groups is 1. The third kappa shape index (κ3) is 6.28. The van der Waals surface area contributed by atoms with Crippen LogP contribution in [0.15, 0.2) is 0 Å². The van der Waals surface area contributed by atoms with Gasteiger partial charge >= 0.3 is 66.5 Å². The van der Waals surface area contributed by atoms with E-state index >= 15 is 0 Å². The molecular formula is C12H3F23O4. The van der Waals surface area contributed by atoms with E-state index in [1.807, 2.05) is 0 Å². The molecule has 0 aromatic heterocycles. The van der Waals surface area contributed by atoms with Crippen molar-refractivity contribution in [2.75, 3.05) is 6.61 Å². The second kappa shape index (κ2) is 9.66. The van der Waals surface area contributed by atoms with Gasteiger partial charge < -0.3 is 5.11 Å². The summed E-state index contributed by atoms with van der Waals surface area (Å²) in [6.45, 7) is -3.62. The summed E-state index contributed by atoms with van der Waals surface area (Å²) in [6, 6.07) is 0. The highest BCUT2D eigenvalue weighted by atomic mass is 19.4. The van der Waals surface area contributed by atoms with E-state index < -0.39 is 73.1 Å². The molecule has 27 heteroatoms. The van der Waals surface area contributed by atoms with E-state index in [1.54, 1.807) is 4.74 Å². The lowest BCUT2D eigenvalue weighted by molar-refractivity contribution is -0.579. The minimum atomic E-state index is -8.68. The SMILES string of the molecule is OC[C@@](F)(OC(F)(F)[C@](F)(OC(F)(F)[C@](F)(OC(F)(F)C(F)(F)C(F)(F)F)C(F)(F)F)C(F)(F)F)C(F)(F)F. The lowest BCUT2D eigenvalue weighted by atomic mass is 10.2. The Morgan fingerprint density at radius 1 is 0.359 bits per heavy atom. The number of rotatable bonds is 10. The molecule has 0 fully saturated rings. The van der Waals surface area contributed by atoms with Crippen LogP contribution in [-0.2, 0) is 14.2 Å². The third-order valence-electron chi connectivity index (χ3n) is 3.65. The van der Waals surface area contributed by atoms with Crippen LogP contribution in [0.3, 0.4) is 0 Å². The lowest BCUT2D eigenvalue weighted by Crippen LogP contribution is -2.70. The molecule has 236 valence electrons. The Kier molecular flexibility index (Phi) is 9.22. The quantitative estimate of drug-likeness (QED) is 0.269. The molecule has 0 radical (unpaired) electrons. The van der Waals surface area contributed by atoms with Crippen molar-refractivity contribution in [2.45, 2.75) is 66.5 Å². The summed E-state index contributed by atoms with van der Waals surface area (Å²) in [4.78, 5) is 0. The van der Waals surface area contributed by atoms with E-state index in [-0.39, 0.29) is 0 Å². The fraction of sp³-hybridized carbons (Fsp3) is 1.00. The number of ether oxygens (including phenoxy) is 3. The number of alkyl halides is 23. The topological polar surface area (TPSA) is 47.9 Å². The van der Waals surface area contributed by atoms with Crippen molar-refractivity contribution in [1.29, 1.82) is 0 Å². The molecule has 39 heavy (non-hydrogen) atoms. The van der Waals surface area contributed by atoms with Gasteiger partial charge in [0.05, 0.1) is 0 Å². The summed E-state index contributed by atoms with van der Waals surface area (Å²) in [7, 11) is 0. The van der Waals surface area contributed by atoms with E-state index in [9.17, 15) is 101 Å². The van der Waals surface area contributed by atoms with Crippen LogP contribution < -0.4 is 0 Å². The first-order valence-corrected chi connectivity index (χ1v) is 7.99. The standard InChI is InChI=1S/C12H3F23O4/c13-2(1-36,6(18,19)20)37-11(32,33)4(16,8(24,25)26)39-12(34,35)5(17,9(27,28)29)38-10(30,31)3(14,15)7(21,22)23/h36H,1H2/t2-,4-,5-/m1/s1. The van der Waals surface area contributed by atoms with Gasteiger partial charge in [-0.2, -0.15) is 101 Å². The fourth-order valence-corrected chi connectivity index (χ4v) is 1.66. The van der Waals surface area contributed by atoms with Crippen LogP contribution in [0.2, 0.25) is 0 Å². The van der Waals surface area contributed by atoms with Crippen LogP contribution >= 0.6 is 0 Å². The maximum absolute atomic E-state index is 14.0. The fourth-order valence-electron chi connectivity index (χ4n) is 1.66. The molecule has 0 aliphatic rings. The molecule has 0 spiro atoms. The predicted molar refractivity (Wildman–Crippen MR) is 65.9 cm³/mol. The summed E-state index contributed by atoms with van der Waals surface area (Å²) in [5.41, 5.74) is 0. The molecule has 0 rings (SSSR count). The van der Waals surface area contributed by atoms with Crippen molar-refractivity contribution in [3.05, 3.63) is 0 Å². The van der Waals surface area contributed by atoms with Gasteiger partial charge in [-0.05, 0) is 0 Å². The van der Waals surface area contributed by atoms with Crippen LogP contribution in [0.1, 0.15) is 0 Å². The minimum absolute atomic E-state index is 1.01. The van der Waals surface area contributed by atoms with Crippen LogP contribution in [0, 0.1) is 0 Å². The zero-order valence-corrected chi connectivity index (χ0v) is 16.6. The van der Waals surface area contributed by atoms with E-state index in [0.717, 1.165) is 9.47 Å². The number of aliphatic hydroxyl groups excluding tert-OH is 1. The van der Waals surface area contributed by atoms with Gasteiger partial charge in [0.2, 0.25) is 0 Å². The van der Waals surface area contributed by atoms with Gasteiger partial charge in [0.15, 0.2) is 0 Å². The largest absolute Gasteiger partial charge is 0.462 e. The molecular weight excluding hydrogens is 645 g/mol. The maximum atomic E-state index is 14.0. The molecule has 0 saturated heterocycles. The van der Waals surface area contributed by atoms with Gasteiger partial charge in [-0.25, -0.2) is 0 Å². The first-order chi connectivity index (χ1) is 16.4. The highest BCUT2D eigenvalue weighted by Crippen LogP contribution is 2.59. The van der Waals surface area contributed by atoms with Crippen molar-refractivity contribution in [3.63, 3.8) is 0 Å². The first kappa shape index (κ1) is 37.2. The van der Waals surface area contributed by atoms with E-state index in [4.69, 9.17) is 5.11 Å². The van der Waals surface area contributed by atoms with E-state index in [0.29, 0.717) is 0 Å². The maximum Gasteiger partial charge on any atom is 0.462 e. The zero-order valence-electron chi connectivity index (χ0n) is 16.6. The van der Waals surface area contributed by atoms with Crippen molar-refractivity contribution in [2.24, 2.45) is 0 Å². The van der Waals surface area contributed by atoms with Gasteiger partial charge in [-0.3, -0.25) is 14.2 Å². The molecule has 0 aliphatic carbocycles. The smallest absolute Gasteiger partial charge is 0.390 e. The molecule has 0 aromatic rings. The molecule has 0 unspecified atom stereocenters. The molecule has 4 nitrogen and oxygen atoms in total. The van der Waals surface area contributed by atoms with Crippen LogP contribution in [0.25, 0.3) is 0 Å². The summed E-state index contributed by atoms with van der Waals surface area (Å²) in [5.74, 6) is -31.9. The number of hydrogen-bond donors (Lipinski definition) is 1. The normalized spacial score (nSPS) is 20.3. The van der Waals surface area contributed by atoms with Gasteiger partial charge in [-0.15, -0.1) is 0 Å². The van der Waals surface area contributed by atoms with Crippen molar-refractivity contribution in [1.82, 2.24) is 0 Å². The van der Waals surface area contributed by atoms with Crippen molar-refractivity contribution >= 4 is 0 Å². The Bertz CT molecular complexity index is 855. The summed E-state index contributed by atoms with van der Waals surface area (Å²) in [6.07, 6.45) is -56.9. The summed E-state index contributed by atoms with van der Waals surface area (Å²) < 4.78 is 300. The van der Waals surface area contributed by atoms with E-state index in [2.05, 4.69) is 0 Å².